The summed E-state index contributed by atoms with van der Waals surface area (Å²) in [4.78, 5) is 20.5. The number of likely N-dealkylation sites (tertiary alicyclic amines) is 2. The molecule has 2 aliphatic heterocycles. The molecule has 4 rings (SSSR count). The molecule has 0 N–H and O–H groups in total. The van der Waals surface area contributed by atoms with Crippen LogP contribution in [0.1, 0.15) is 41.9 Å². The van der Waals surface area contributed by atoms with Gasteiger partial charge in [-0.15, -0.1) is 11.3 Å². The minimum Gasteiger partial charge on any atom is -0.342 e. The van der Waals surface area contributed by atoms with Gasteiger partial charge in [0.15, 0.2) is 0 Å². The standard InChI is InChI=1S/C18H26N2OS/c1-14-3-6-16(22-14)12-19-10-8-18(13-19)7-2-9-20(17(18)21)11-15-4-5-15/h3,6,15H,2,4-5,7-13H2,1H3. The summed E-state index contributed by atoms with van der Waals surface area (Å²) in [6.07, 6.45) is 6.04. The van der Waals surface area contributed by atoms with E-state index in [4.69, 9.17) is 0 Å². The van der Waals surface area contributed by atoms with Crippen molar-refractivity contribution in [1.29, 1.82) is 0 Å². The summed E-state index contributed by atoms with van der Waals surface area (Å²) in [7, 11) is 0. The molecule has 3 nitrogen and oxygen atoms in total. The number of rotatable bonds is 4. The molecule has 0 radical (unpaired) electrons. The van der Waals surface area contributed by atoms with Gasteiger partial charge in [0.25, 0.3) is 0 Å². The summed E-state index contributed by atoms with van der Waals surface area (Å²) in [5.74, 6) is 1.28. The van der Waals surface area contributed by atoms with Crippen molar-refractivity contribution >= 4 is 17.2 Å². The SMILES string of the molecule is Cc1ccc(CN2CCC3(CCCN(CC4CC4)C3=O)C2)s1. The zero-order valence-electron chi connectivity index (χ0n) is 13.5. The summed E-state index contributed by atoms with van der Waals surface area (Å²) < 4.78 is 0. The average molecular weight is 318 g/mol. The molecule has 1 saturated carbocycles. The molecule has 120 valence electrons. The maximum atomic E-state index is 13.0. The molecule has 3 aliphatic rings. The Bertz CT molecular complexity index is 565. The minimum atomic E-state index is -0.0561. The van der Waals surface area contributed by atoms with Crippen molar-refractivity contribution in [3.63, 3.8) is 0 Å². The maximum absolute atomic E-state index is 13.0. The van der Waals surface area contributed by atoms with Crippen molar-refractivity contribution in [2.75, 3.05) is 26.2 Å². The second kappa shape index (κ2) is 5.64. The number of thiophene rings is 1. The first-order chi connectivity index (χ1) is 10.6. The molecule has 1 aliphatic carbocycles. The zero-order chi connectivity index (χ0) is 15.2. The highest BCUT2D eigenvalue weighted by atomic mass is 32.1. The number of nitrogens with zero attached hydrogens (tertiary/aromatic N) is 2. The number of piperidine rings is 1. The number of amides is 1. The average Bonchev–Trinajstić information content (AvgIpc) is 3.09. The molecular weight excluding hydrogens is 292 g/mol. The van der Waals surface area contributed by atoms with Crippen LogP contribution in [0.2, 0.25) is 0 Å². The molecule has 4 heteroatoms. The van der Waals surface area contributed by atoms with Crippen molar-refractivity contribution < 1.29 is 4.79 Å². The number of carbonyl (C=O) groups excluding carboxylic acids is 1. The molecule has 22 heavy (non-hydrogen) atoms. The van der Waals surface area contributed by atoms with Crippen LogP contribution in [0.4, 0.5) is 0 Å². The van der Waals surface area contributed by atoms with Crippen LogP contribution < -0.4 is 0 Å². The van der Waals surface area contributed by atoms with E-state index in [1.54, 1.807) is 0 Å². The molecule has 1 aromatic rings. The topological polar surface area (TPSA) is 23.6 Å². The Morgan fingerprint density at radius 3 is 2.86 bits per heavy atom. The molecule has 1 amide bonds. The van der Waals surface area contributed by atoms with Gasteiger partial charge in [-0.05, 0) is 63.6 Å². The Hall–Kier alpha value is -0.870. The molecule has 2 saturated heterocycles. The summed E-state index contributed by atoms with van der Waals surface area (Å²) in [5.41, 5.74) is -0.0561. The number of hydrogen-bond acceptors (Lipinski definition) is 3. The third kappa shape index (κ3) is 2.83. The first-order valence-corrected chi connectivity index (χ1v) is 9.53. The van der Waals surface area contributed by atoms with E-state index >= 15 is 0 Å². The second-order valence-electron chi connectivity index (χ2n) is 7.55. The van der Waals surface area contributed by atoms with Crippen LogP contribution in [0.5, 0.6) is 0 Å². The maximum Gasteiger partial charge on any atom is 0.230 e. The lowest BCUT2D eigenvalue weighted by Crippen LogP contribution is -2.50. The molecule has 3 fully saturated rings. The van der Waals surface area contributed by atoms with Gasteiger partial charge in [0, 0.05) is 35.9 Å². The lowest BCUT2D eigenvalue weighted by atomic mass is 9.78. The van der Waals surface area contributed by atoms with Gasteiger partial charge >= 0.3 is 0 Å². The lowest BCUT2D eigenvalue weighted by Gasteiger charge is -2.39. The summed E-state index contributed by atoms with van der Waals surface area (Å²) >= 11 is 1.89. The van der Waals surface area contributed by atoms with E-state index in [0.717, 1.165) is 51.5 Å². The van der Waals surface area contributed by atoms with Gasteiger partial charge in [-0.3, -0.25) is 9.69 Å². The molecule has 1 aromatic heterocycles. The Morgan fingerprint density at radius 1 is 1.27 bits per heavy atom. The lowest BCUT2D eigenvalue weighted by molar-refractivity contribution is -0.145. The van der Waals surface area contributed by atoms with E-state index in [1.165, 1.54) is 29.0 Å². The van der Waals surface area contributed by atoms with Gasteiger partial charge in [-0.25, -0.2) is 0 Å². The van der Waals surface area contributed by atoms with Gasteiger partial charge < -0.3 is 4.90 Å². The fourth-order valence-corrected chi connectivity index (χ4v) is 5.13. The highest BCUT2D eigenvalue weighted by molar-refractivity contribution is 7.11. The van der Waals surface area contributed by atoms with E-state index in [0.29, 0.717) is 5.91 Å². The van der Waals surface area contributed by atoms with Crippen LogP contribution in [0.3, 0.4) is 0 Å². The largest absolute Gasteiger partial charge is 0.342 e. The second-order valence-corrected chi connectivity index (χ2v) is 8.92. The molecule has 1 spiro atoms. The highest BCUT2D eigenvalue weighted by Crippen LogP contribution is 2.42. The zero-order valence-corrected chi connectivity index (χ0v) is 14.3. The Balaban J connectivity index is 1.41. The van der Waals surface area contributed by atoms with Crippen molar-refractivity contribution in [3.05, 3.63) is 21.9 Å². The molecule has 0 aromatic carbocycles. The monoisotopic (exact) mass is 318 g/mol. The first-order valence-electron chi connectivity index (χ1n) is 8.72. The number of aryl methyl sites for hydroxylation is 1. The smallest absolute Gasteiger partial charge is 0.230 e. The van der Waals surface area contributed by atoms with E-state index in [2.05, 4.69) is 28.9 Å². The van der Waals surface area contributed by atoms with Gasteiger partial charge in [-0.1, -0.05) is 0 Å². The minimum absolute atomic E-state index is 0.0561. The molecule has 1 unspecified atom stereocenters. The highest BCUT2D eigenvalue weighted by Gasteiger charge is 2.48. The van der Waals surface area contributed by atoms with E-state index in [9.17, 15) is 4.79 Å². The predicted molar refractivity (Wildman–Crippen MR) is 89.9 cm³/mol. The number of carbonyl (C=O) groups is 1. The fraction of sp³-hybridized carbons (Fsp3) is 0.722. The van der Waals surface area contributed by atoms with Gasteiger partial charge in [0.05, 0.1) is 5.41 Å². The van der Waals surface area contributed by atoms with Crippen molar-refractivity contribution in [1.82, 2.24) is 9.80 Å². The van der Waals surface area contributed by atoms with Crippen LogP contribution in [0.25, 0.3) is 0 Å². The van der Waals surface area contributed by atoms with Gasteiger partial charge in [0.1, 0.15) is 0 Å². The van der Waals surface area contributed by atoms with Crippen molar-refractivity contribution in [2.24, 2.45) is 11.3 Å². The molecular formula is C18H26N2OS. The van der Waals surface area contributed by atoms with Crippen LogP contribution in [-0.2, 0) is 11.3 Å². The summed E-state index contributed by atoms with van der Waals surface area (Å²) in [5, 5.41) is 0. The number of hydrogen-bond donors (Lipinski definition) is 0. The third-order valence-corrected chi connectivity index (χ3v) is 6.59. The van der Waals surface area contributed by atoms with E-state index in [1.807, 2.05) is 11.3 Å². The van der Waals surface area contributed by atoms with Crippen molar-refractivity contribution in [2.45, 2.75) is 45.6 Å². The predicted octanol–water partition coefficient (Wildman–Crippen LogP) is 3.28. The Labute approximate surface area is 137 Å². The van der Waals surface area contributed by atoms with Crippen LogP contribution in [0.15, 0.2) is 12.1 Å². The Kier molecular flexibility index (Phi) is 3.77. The normalized spacial score (nSPS) is 29.7. The molecule has 0 bridgehead atoms. The van der Waals surface area contributed by atoms with E-state index in [-0.39, 0.29) is 5.41 Å². The molecule has 3 heterocycles. The van der Waals surface area contributed by atoms with Gasteiger partial charge in [0.2, 0.25) is 5.91 Å². The summed E-state index contributed by atoms with van der Waals surface area (Å²) in [6, 6.07) is 4.45. The van der Waals surface area contributed by atoms with Crippen molar-refractivity contribution in [3.8, 4) is 0 Å². The van der Waals surface area contributed by atoms with Crippen LogP contribution in [-0.4, -0.2) is 41.9 Å². The fourth-order valence-electron chi connectivity index (χ4n) is 4.20. The Morgan fingerprint density at radius 2 is 2.14 bits per heavy atom. The van der Waals surface area contributed by atoms with Crippen LogP contribution in [0, 0.1) is 18.3 Å². The van der Waals surface area contributed by atoms with E-state index < -0.39 is 0 Å². The van der Waals surface area contributed by atoms with Gasteiger partial charge in [-0.2, -0.15) is 0 Å². The third-order valence-electron chi connectivity index (χ3n) is 5.61. The van der Waals surface area contributed by atoms with Crippen LogP contribution >= 0.6 is 11.3 Å². The quantitative estimate of drug-likeness (QED) is 0.850. The first kappa shape index (κ1) is 14.7. The molecule has 1 atom stereocenters. The summed E-state index contributed by atoms with van der Waals surface area (Å²) in [6.45, 7) is 7.28.